The second-order valence-corrected chi connectivity index (χ2v) is 19.0. The van der Waals surface area contributed by atoms with Gasteiger partial charge < -0.3 is 33.7 Å². The van der Waals surface area contributed by atoms with Gasteiger partial charge in [0.1, 0.15) is 24.4 Å². The third-order valence-electron chi connectivity index (χ3n) is 8.08. The molecule has 14 heteroatoms. The molecule has 0 unspecified atom stereocenters. The monoisotopic (exact) mass is 773 g/mol. The lowest BCUT2D eigenvalue weighted by Crippen LogP contribution is -2.68. The maximum atomic E-state index is 13.7. The highest BCUT2D eigenvalue weighted by molar-refractivity contribution is 5.78. The number of benzene rings is 1. The van der Waals surface area contributed by atoms with E-state index in [0.29, 0.717) is 0 Å². The van der Waals surface area contributed by atoms with Crippen LogP contribution in [-0.4, -0.2) is 84.9 Å². The first kappa shape index (κ1) is 46.9. The first-order valence-electron chi connectivity index (χ1n) is 18.6. The van der Waals surface area contributed by atoms with Crippen LogP contribution in [-0.2, 0) is 54.0 Å². The van der Waals surface area contributed by atoms with E-state index in [1.807, 2.05) is 30.3 Å². The average molecular weight is 774 g/mol. The summed E-state index contributed by atoms with van der Waals surface area (Å²) in [4.78, 5) is 67.0. The standard InChI is InChI=1S/C41H63N3O11/c1-37(2,3)32(45)50-23-27-28(52-33(46)38(4,5)6)29(53-34(47)39(7,8)9)30(54-35(48)40(10,11)12)31(51-27)43-26(22-42)25(21-24-19-17-16-18-20-24)44-36(49)55-41(13,14)15/h16-20,25-31,43H,21,23H2,1-15H3,(H,44,49)/t25-,26-,27+,28+,29-,30+,31+/m0/s1. The summed E-state index contributed by atoms with van der Waals surface area (Å²) in [5, 5.41) is 16.5. The van der Waals surface area contributed by atoms with Crippen LogP contribution in [0.4, 0.5) is 4.79 Å². The SMILES string of the molecule is CC(C)(C)OC(=O)N[C@@H](Cc1ccccc1)[C@H](C#N)N[C@@H]1O[C@H](COC(=O)C(C)(C)C)[C@@H](OC(=O)C(C)(C)C)[C@H](OC(=O)C(C)(C)C)[C@H]1OC(=O)C(C)(C)C. The van der Waals surface area contributed by atoms with Crippen LogP contribution in [0.25, 0.3) is 0 Å². The Balaban J connectivity index is 2.82. The molecule has 308 valence electrons. The number of esters is 4. The van der Waals surface area contributed by atoms with Crippen LogP contribution in [0.1, 0.15) is 109 Å². The Bertz CT molecular complexity index is 1540. The van der Waals surface area contributed by atoms with E-state index in [1.54, 1.807) is 104 Å². The highest BCUT2D eigenvalue weighted by Crippen LogP contribution is 2.34. The predicted molar refractivity (Wildman–Crippen MR) is 203 cm³/mol. The Morgan fingerprint density at radius 2 is 1.15 bits per heavy atom. The number of carbonyl (C=O) groups excluding carboxylic acids is 5. The molecule has 0 spiro atoms. The fourth-order valence-electron chi connectivity index (χ4n) is 4.86. The van der Waals surface area contributed by atoms with Gasteiger partial charge in [0, 0.05) is 0 Å². The fraction of sp³-hybridized carbons (Fsp3) is 0.707. The number of ether oxygens (including phenoxy) is 6. The van der Waals surface area contributed by atoms with Gasteiger partial charge in [0.25, 0.3) is 0 Å². The molecule has 2 N–H and O–H groups in total. The molecular formula is C41H63N3O11. The molecule has 55 heavy (non-hydrogen) atoms. The van der Waals surface area contributed by atoms with Crippen molar-refractivity contribution in [3.63, 3.8) is 0 Å². The predicted octanol–water partition coefficient (Wildman–Crippen LogP) is 5.79. The second-order valence-electron chi connectivity index (χ2n) is 19.0. The third-order valence-corrected chi connectivity index (χ3v) is 8.08. The number of alkyl carbamates (subject to hydrolysis) is 1. The van der Waals surface area contributed by atoms with Crippen molar-refractivity contribution >= 4 is 30.0 Å². The minimum Gasteiger partial charge on any atom is -0.462 e. The molecule has 1 aliphatic rings. The number of carbonyl (C=O) groups is 5. The smallest absolute Gasteiger partial charge is 0.407 e. The van der Waals surface area contributed by atoms with E-state index in [2.05, 4.69) is 16.7 Å². The van der Waals surface area contributed by atoms with Gasteiger partial charge in [-0.25, -0.2) is 4.79 Å². The summed E-state index contributed by atoms with van der Waals surface area (Å²) in [5.74, 6) is -2.73. The molecule has 14 nitrogen and oxygen atoms in total. The van der Waals surface area contributed by atoms with Crippen LogP contribution in [0.3, 0.4) is 0 Å². The summed E-state index contributed by atoms with van der Waals surface area (Å²) in [7, 11) is 0. The number of nitriles is 1. The van der Waals surface area contributed by atoms with Gasteiger partial charge in [-0.3, -0.25) is 24.5 Å². The van der Waals surface area contributed by atoms with Crippen molar-refractivity contribution in [2.45, 2.75) is 159 Å². The van der Waals surface area contributed by atoms with Crippen molar-refractivity contribution in [3.05, 3.63) is 35.9 Å². The van der Waals surface area contributed by atoms with E-state index in [-0.39, 0.29) is 6.42 Å². The lowest BCUT2D eigenvalue weighted by Gasteiger charge is -2.47. The molecule has 7 atom stereocenters. The van der Waals surface area contributed by atoms with Gasteiger partial charge in [-0.1, -0.05) is 30.3 Å². The molecule has 1 fully saturated rings. The first-order valence-corrected chi connectivity index (χ1v) is 18.6. The second kappa shape index (κ2) is 18.2. The Labute approximate surface area is 326 Å². The van der Waals surface area contributed by atoms with Gasteiger partial charge >= 0.3 is 30.0 Å². The van der Waals surface area contributed by atoms with Gasteiger partial charge in [-0.05, 0) is 116 Å². The largest absolute Gasteiger partial charge is 0.462 e. The van der Waals surface area contributed by atoms with Crippen molar-refractivity contribution < 1.29 is 52.4 Å². The average Bonchev–Trinajstić information content (AvgIpc) is 3.02. The number of nitrogens with one attached hydrogen (secondary N) is 2. The van der Waals surface area contributed by atoms with Crippen LogP contribution in [0.5, 0.6) is 0 Å². The van der Waals surface area contributed by atoms with Crippen LogP contribution >= 0.6 is 0 Å². The maximum Gasteiger partial charge on any atom is 0.407 e. The van der Waals surface area contributed by atoms with E-state index in [4.69, 9.17) is 28.4 Å². The molecule has 0 aromatic heterocycles. The number of hydrogen-bond donors (Lipinski definition) is 2. The van der Waals surface area contributed by atoms with E-state index in [0.717, 1.165) is 5.56 Å². The highest BCUT2D eigenvalue weighted by Gasteiger charge is 2.55. The molecular weight excluding hydrogens is 710 g/mol. The maximum absolute atomic E-state index is 13.7. The summed E-state index contributed by atoms with van der Waals surface area (Å²) in [5.41, 5.74) is -4.16. The molecule has 1 aromatic rings. The molecule has 0 bridgehead atoms. The van der Waals surface area contributed by atoms with Crippen molar-refractivity contribution in [3.8, 4) is 6.07 Å². The molecule has 1 aliphatic heterocycles. The molecule has 0 radical (unpaired) electrons. The van der Waals surface area contributed by atoms with Crippen LogP contribution in [0.15, 0.2) is 30.3 Å². The molecule has 1 aromatic carbocycles. The summed E-state index contributed by atoms with van der Waals surface area (Å²) < 4.78 is 35.9. The number of hydrogen-bond acceptors (Lipinski definition) is 13. The van der Waals surface area contributed by atoms with E-state index >= 15 is 0 Å². The van der Waals surface area contributed by atoms with Crippen LogP contribution in [0.2, 0.25) is 0 Å². The van der Waals surface area contributed by atoms with Crippen LogP contribution < -0.4 is 10.6 Å². The lowest BCUT2D eigenvalue weighted by atomic mass is 9.92. The molecule has 1 amide bonds. The topological polar surface area (TPSA) is 189 Å². The van der Waals surface area contributed by atoms with Crippen molar-refractivity contribution in [2.75, 3.05) is 6.61 Å². The Morgan fingerprint density at radius 1 is 0.691 bits per heavy atom. The minimum absolute atomic E-state index is 0.158. The van der Waals surface area contributed by atoms with Crippen LogP contribution in [0, 0.1) is 33.0 Å². The van der Waals surface area contributed by atoms with E-state index in [9.17, 15) is 29.2 Å². The fourth-order valence-corrected chi connectivity index (χ4v) is 4.86. The molecule has 0 saturated carbocycles. The molecule has 1 saturated heterocycles. The zero-order chi connectivity index (χ0) is 42.3. The molecule has 2 rings (SSSR count). The zero-order valence-corrected chi connectivity index (χ0v) is 35.3. The van der Waals surface area contributed by atoms with E-state index in [1.165, 1.54) is 0 Å². The first-order chi connectivity index (χ1) is 24.9. The quantitative estimate of drug-likeness (QED) is 0.203. The van der Waals surface area contributed by atoms with Crippen molar-refractivity contribution in [2.24, 2.45) is 21.7 Å². The number of rotatable bonds is 11. The normalized spacial score (nSPS) is 21.9. The van der Waals surface area contributed by atoms with Crippen molar-refractivity contribution in [1.29, 1.82) is 5.26 Å². The third kappa shape index (κ3) is 14.7. The molecule has 1 heterocycles. The van der Waals surface area contributed by atoms with Crippen molar-refractivity contribution in [1.82, 2.24) is 10.6 Å². The summed E-state index contributed by atoms with van der Waals surface area (Å²) in [6.45, 7) is 24.3. The van der Waals surface area contributed by atoms with E-state index < -0.39 is 107 Å². The minimum atomic E-state index is -1.53. The van der Waals surface area contributed by atoms with Gasteiger partial charge in [0.05, 0.1) is 33.8 Å². The highest BCUT2D eigenvalue weighted by atomic mass is 16.7. The van der Waals surface area contributed by atoms with Gasteiger partial charge in [0.2, 0.25) is 0 Å². The molecule has 0 aliphatic carbocycles. The summed E-state index contributed by atoms with van der Waals surface area (Å²) in [6, 6.07) is 9.12. The Hall–Kier alpha value is -4.22. The summed E-state index contributed by atoms with van der Waals surface area (Å²) >= 11 is 0. The van der Waals surface area contributed by atoms with Gasteiger partial charge in [-0.15, -0.1) is 0 Å². The zero-order valence-electron chi connectivity index (χ0n) is 35.3. The Kier molecular flexibility index (Phi) is 15.5. The summed E-state index contributed by atoms with van der Waals surface area (Å²) in [6.07, 6.45) is -7.89. The van der Waals surface area contributed by atoms with Gasteiger partial charge in [0.15, 0.2) is 24.5 Å². The lowest BCUT2D eigenvalue weighted by molar-refractivity contribution is -0.265. The Morgan fingerprint density at radius 3 is 1.58 bits per heavy atom. The number of nitrogens with zero attached hydrogens (tertiary/aromatic N) is 1. The number of amides is 1. The van der Waals surface area contributed by atoms with Gasteiger partial charge in [-0.2, -0.15) is 5.26 Å².